The Balaban J connectivity index is 1.79. The van der Waals surface area contributed by atoms with Crippen LogP contribution in [0.15, 0.2) is 18.2 Å². The molecule has 2 bridgehead atoms. The van der Waals surface area contributed by atoms with E-state index in [1.807, 2.05) is 12.1 Å². The van der Waals surface area contributed by atoms with Gasteiger partial charge in [-0.2, -0.15) is 5.26 Å². The minimum atomic E-state index is 0.473. The Hall–Kier alpha value is -1.24. The van der Waals surface area contributed by atoms with Crippen LogP contribution < -0.4 is 5.32 Å². The molecule has 0 aromatic heterocycles. The standard InChI is InChI=1S/C14H16ClN3/c15-12-1-2-13(11(7-12)8-16)17-14-9-18-5-3-10(14)4-6-18/h1-2,7,10,14,17H,3-6,9H2. The summed E-state index contributed by atoms with van der Waals surface area (Å²) in [6.45, 7) is 3.56. The van der Waals surface area contributed by atoms with Crippen LogP contribution in [0, 0.1) is 17.2 Å². The Morgan fingerprint density at radius 3 is 2.72 bits per heavy atom. The van der Waals surface area contributed by atoms with Crippen LogP contribution in [0.25, 0.3) is 0 Å². The number of fused-ring (bicyclic) bond motifs is 3. The zero-order valence-electron chi connectivity index (χ0n) is 10.2. The highest BCUT2D eigenvalue weighted by Gasteiger charge is 2.34. The number of nitrogens with zero attached hydrogens (tertiary/aromatic N) is 2. The molecule has 0 amide bonds. The molecule has 3 heterocycles. The van der Waals surface area contributed by atoms with Crippen molar-refractivity contribution in [1.29, 1.82) is 5.26 Å². The van der Waals surface area contributed by atoms with Crippen molar-refractivity contribution >= 4 is 17.3 Å². The van der Waals surface area contributed by atoms with Crippen LogP contribution in [0.1, 0.15) is 18.4 Å². The third-order valence-electron chi connectivity index (χ3n) is 4.10. The van der Waals surface area contributed by atoms with Gasteiger partial charge in [-0.1, -0.05) is 11.6 Å². The average molecular weight is 262 g/mol. The molecule has 3 aliphatic rings. The number of hydrogen-bond donors (Lipinski definition) is 1. The normalized spacial score (nSPS) is 29.9. The quantitative estimate of drug-likeness (QED) is 0.890. The minimum Gasteiger partial charge on any atom is -0.380 e. The first kappa shape index (κ1) is 11.8. The lowest BCUT2D eigenvalue weighted by Crippen LogP contribution is -2.53. The van der Waals surface area contributed by atoms with Crippen molar-refractivity contribution in [2.75, 3.05) is 25.0 Å². The maximum Gasteiger partial charge on any atom is 0.101 e. The summed E-state index contributed by atoms with van der Waals surface area (Å²) in [6, 6.07) is 8.16. The lowest BCUT2D eigenvalue weighted by atomic mass is 9.84. The highest BCUT2D eigenvalue weighted by Crippen LogP contribution is 2.31. The Morgan fingerprint density at radius 2 is 2.11 bits per heavy atom. The minimum absolute atomic E-state index is 0.473. The molecule has 3 aliphatic heterocycles. The molecule has 0 aliphatic carbocycles. The van der Waals surface area contributed by atoms with E-state index >= 15 is 0 Å². The van der Waals surface area contributed by atoms with Gasteiger partial charge in [0.2, 0.25) is 0 Å². The van der Waals surface area contributed by atoms with Crippen LogP contribution in [0.5, 0.6) is 0 Å². The maximum atomic E-state index is 9.15. The molecule has 1 atom stereocenters. The molecule has 1 aromatic rings. The fourth-order valence-electron chi connectivity index (χ4n) is 3.06. The van der Waals surface area contributed by atoms with Crippen molar-refractivity contribution in [3.63, 3.8) is 0 Å². The molecule has 4 rings (SSSR count). The first-order valence-electron chi connectivity index (χ1n) is 6.45. The topological polar surface area (TPSA) is 39.1 Å². The predicted molar refractivity (Wildman–Crippen MR) is 72.7 cm³/mol. The van der Waals surface area contributed by atoms with Gasteiger partial charge in [-0.3, -0.25) is 0 Å². The first-order chi connectivity index (χ1) is 8.76. The van der Waals surface area contributed by atoms with Gasteiger partial charge >= 0.3 is 0 Å². The third kappa shape index (κ3) is 2.19. The molecule has 1 aromatic carbocycles. The van der Waals surface area contributed by atoms with Gasteiger partial charge in [0.25, 0.3) is 0 Å². The largest absolute Gasteiger partial charge is 0.380 e. The van der Waals surface area contributed by atoms with Crippen molar-refractivity contribution in [1.82, 2.24) is 4.90 Å². The second-order valence-electron chi connectivity index (χ2n) is 5.19. The van der Waals surface area contributed by atoms with Crippen molar-refractivity contribution in [2.24, 2.45) is 5.92 Å². The summed E-state index contributed by atoms with van der Waals surface area (Å²) in [4.78, 5) is 2.50. The van der Waals surface area contributed by atoms with E-state index in [9.17, 15) is 0 Å². The summed E-state index contributed by atoms with van der Waals surface area (Å²) < 4.78 is 0. The molecular formula is C14H16ClN3. The van der Waals surface area contributed by atoms with Gasteiger partial charge in [0.05, 0.1) is 11.3 Å². The predicted octanol–water partition coefficient (Wildman–Crippen LogP) is 2.72. The molecule has 0 radical (unpaired) electrons. The summed E-state index contributed by atoms with van der Waals surface area (Å²) in [6.07, 6.45) is 2.54. The monoisotopic (exact) mass is 261 g/mol. The summed E-state index contributed by atoms with van der Waals surface area (Å²) >= 11 is 5.91. The molecule has 3 fully saturated rings. The van der Waals surface area contributed by atoms with E-state index in [4.69, 9.17) is 16.9 Å². The molecular weight excluding hydrogens is 246 g/mol. The summed E-state index contributed by atoms with van der Waals surface area (Å²) in [5.74, 6) is 0.747. The van der Waals surface area contributed by atoms with Crippen molar-refractivity contribution in [2.45, 2.75) is 18.9 Å². The van der Waals surface area contributed by atoms with E-state index in [1.54, 1.807) is 6.07 Å². The molecule has 94 valence electrons. The number of nitrogens with one attached hydrogen (secondary N) is 1. The van der Waals surface area contributed by atoms with Crippen LogP contribution in [0.2, 0.25) is 5.02 Å². The van der Waals surface area contributed by atoms with Gasteiger partial charge in [-0.15, -0.1) is 0 Å². The van der Waals surface area contributed by atoms with Gasteiger partial charge in [0.15, 0.2) is 0 Å². The smallest absolute Gasteiger partial charge is 0.101 e. The van der Waals surface area contributed by atoms with Crippen LogP contribution >= 0.6 is 11.6 Å². The fourth-order valence-corrected chi connectivity index (χ4v) is 3.24. The fraction of sp³-hybridized carbons (Fsp3) is 0.500. The maximum absolute atomic E-state index is 9.15. The van der Waals surface area contributed by atoms with E-state index in [1.165, 1.54) is 25.9 Å². The van der Waals surface area contributed by atoms with Gasteiger partial charge in [-0.25, -0.2) is 0 Å². The molecule has 1 unspecified atom stereocenters. The number of benzene rings is 1. The Labute approximate surface area is 112 Å². The van der Waals surface area contributed by atoms with Crippen LogP contribution in [0.3, 0.4) is 0 Å². The highest BCUT2D eigenvalue weighted by atomic mass is 35.5. The first-order valence-corrected chi connectivity index (χ1v) is 6.82. The second kappa shape index (κ2) is 4.79. The lowest BCUT2D eigenvalue weighted by molar-refractivity contribution is 0.0975. The summed E-state index contributed by atoms with van der Waals surface area (Å²) in [5.41, 5.74) is 1.56. The van der Waals surface area contributed by atoms with Gasteiger partial charge < -0.3 is 10.2 Å². The molecule has 4 heteroatoms. The van der Waals surface area contributed by atoms with Crippen molar-refractivity contribution in [3.8, 4) is 6.07 Å². The Bertz CT molecular complexity index is 486. The van der Waals surface area contributed by atoms with Gasteiger partial charge in [0.1, 0.15) is 6.07 Å². The van der Waals surface area contributed by atoms with Crippen LogP contribution in [0.4, 0.5) is 5.69 Å². The Morgan fingerprint density at radius 1 is 1.33 bits per heavy atom. The van der Waals surface area contributed by atoms with E-state index in [0.29, 0.717) is 16.6 Å². The van der Waals surface area contributed by atoms with Crippen molar-refractivity contribution in [3.05, 3.63) is 28.8 Å². The molecule has 1 N–H and O–H groups in total. The third-order valence-corrected chi connectivity index (χ3v) is 4.33. The van der Waals surface area contributed by atoms with Crippen molar-refractivity contribution < 1.29 is 0 Å². The number of halogens is 1. The lowest BCUT2D eigenvalue weighted by Gasteiger charge is -2.45. The molecule has 0 saturated carbocycles. The van der Waals surface area contributed by atoms with E-state index in [-0.39, 0.29) is 0 Å². The summed E-state index contributed by atoms with van der Waals surface area (Å²) in [7, 11) is 0. The average Bonchev–Trinajstić information content (AvgIpc) is 2.42. The van der Waals surface area contributed by atoms with E-state index < -0.39 is 0 Å². The zero-order valence-corrected chi connectivity index (χ0v) is 11.0. The molecule has 3 saturated heterocycles. The number of hydrogen-bond acceptors (Lipinski definition) is 3. The Kier molecular flexibility index (Phi) is 3.15. The van der Waals surface area contributed by atoms with E-state index in [0.717, 1.165) is 18.2 Å². The summed E-state index contributed by atoms with van der Waals surface area (Å²) in [5, 5.41) is 13.3. The van der Waals surface area contributed by atoms with Gasteiger partial charge in [0, 0.05) is 17.6 Å². The van der Waals surface area contributed by atoms with Gasteiger partial charge in [-0.05, 0) is 50.0 Å². The number of nitriles is 1. The van der Waals surface area contributed by atoms with Crippen LogP contribution in [-0.2, 0) is 0 Å². The molecule has 18 heavy (non-hydrogen) atoms. The number of anilines is 1. The highest BCUT2D eigenvalue weighted by molar-refractivity contribution is 6.30. The zero-order chi connectivity index (χ0) is 12.5. The SMILES string of the molecule is N#Cc1cc(Cl)ccc1NC1CN2CCC1CC2. The molecule has 3 nitrogen and oxygen atoms in total. The number of piperidine rings is 3. The number of rotatable bonds is 2. The molecule has 0 spiro atoms. The second-order valence-corrected chi connectivity index (χ2v) is 5.63. The van der Waals surface area contributed by atoms with E-state index in [2.05, 4.69) is 16.3 Å². The van der Waals surface area contributed by atoms with Crippen LogP contribution in [-0.4, -0.2) is 30.6 Å².